The predicted octanol–water partition coefficient (Wildman–Crippen LogP) is 1.75. The zero-order valence-electron chi connectivity index (χ0n) is 11.4. The number of nitrogens with zero attached hydrogens (tertiary/aromatic N) is 1. The molecule has 108 valence electrons. The molecule has 6 nitrogen and oxygen atoms in total. The van der Waals surface area contributed by atoms with Crippen LogP contribution in [0.5, 0.6) is 11.5 Å². The van der Waals surface area contributed by atoms with E-state index < -0.39 is 18.1 Å². The van der Waals surface area contributed by atoms with Crippen molar-refractivity contribution in [2.75, 3.05) is 14.2 Å². The molecular weight excluding hydrogens is 262 g/mol. The van der Waals surface area contributed by atoms with Gasteiger partial charge < -0.3 is 14.6 Å². The van der Waals surface area contributed by atoms with Gasteiger partial charge in [-0.25, -0.2) is 0 Å². The largest absolute Gasteiger partial charge is 0.493 e. The molecule has 1 aromatic carbocycles. The molecular formula is C14H17NO5. The molecule has 1 aliphatic rings. The Hall–Kier alpha value is -2.08. The third-order valence-electron chi connectivity index (χ3n) is 3.56. The molecule has 1 aromatic rings. The van der Waals surface area contributed by atoms with Crippen molar-refractivity contribution < 1.29 is 19.5 Å². The van der Waals surface area contributed by atoms with E-state index in [-0.39, 0.29) is 4.92 Å². The molecule has 3 atom stereocenters. The first-order chi connectivity index (χ1) is 9.58. The topological polar surface area (TPSA) is 81.8 Å². The van der Waals surface area contributed by atoms with Crippen LogP contribution in [0.25, 0.3) is 0 Å². The number of hydrogen-bond acceptors (Lipinski definition) is 5. The van der Waals surface area contributed by atoms with Gasteiger partial charge >= 0.3 is 0 Å². The van der Waals surface area contributed by atoms with Crippen LogP contribution in [0.1, 0.15) is 17.9 Å². The lowest BCUT2D eigenvalue weighted by atomic mass is 9.81. The Balaban J connectivity index is 2.42. The van der Waals surface area contributed by atoms with Gasteiger partial charge in [-0.05, 0) is 17.7 Å². The molecule has 0 saturated carbocycles. The van der Waals surface area contributed by atoms with Gasteiger partial charge in [0.2, 0.25) is 6.04 Å². The van der Waals surface area contributed by atoms with Gasteiger partial charge in [0.15, 0.2) is 11.5 Å². The van der Waals surface area contributed by atoms with E-state index >= 15 is 0 Å². The zero-order chi connectivity index (χ0) is 14.7. The van der Waals surface area contributed by atoms with Gasteiger partial charge in [0.25, 0.3) is 0 Å². The first-order valence-electron chi connectivity index (χ1n) is 6.28. The van der Waals surface area contributed by atoms with E-state index in [1.165, 1.54) is 14.2 Å². The lowest BCUT2D eigenvalue weighted by Gasteiger charge is -2.27. The van der Waals surface area contributed by atoms with Gasteiger partial charge in [-0.2, -0.15) is 0 Å². The molecule has 0 bridgehead atoms. The number of aliphatic hydroxyl groups is 1. The Labute approximate surface area is 116 Å². The summed E-state index contributed by atoms with van der Waals surface area (Å²) in [4.78, 5) is 10.8. The molecule has 1 aliphatic carbocycles. The summed E-state index contributed by atoms with van der Waals surface area (Å²) in [5.41, 5.74) is 0.668. The van der Waals surface area contributed by atoms with Crippen LogP contribution >= 0.6 is 0 Å². The van der Waals surface area contributed by atoms with Gasteiger partial charge in [0.1, 0.15) is 0 Å². The lowest BCUT2D eigenvalue weighted by Crippen LogP contribution is -2.36. The maximum Gasteiger partial charge on any atom is 0.226 e. The summed E-state index contributed by atoms with van der Waals surface area (Å²) in [5, 5.41) is 21.2. The van der Waals surface area contributed by atoms with Crippen molar-refractivity contribution in [3.05, 3.63) is 46.0 Å². The second-order valence-electron chi connectivity index (χ2n) is 4.65. The molecule has 0 saturated heterocycles. The third kappa shape index (κ3) is 2.60. The molecule has 6 heteroatoms. The maximum absolute atomic E-state index is 11.2. The fourth-order valence-corrected chi connectivity index (χ4v) is 2.55. The molecule has 0 aromatic heterocycles. The van der Waals surface area contributed by atoms with Crippen LogP contribution in [0.3, 0.4) is 0 Å². The Morgan fingerprint density at radius 3 is 2.60 bits per heavy atom. The average Bonchev–Trinajstić information content (AvgIpc) is 2.46. The highest BCUT2D eigenvalue weighted by Crippen LogP contribution is 2.36. The minimum Gasteiger partial charge on any atom is -0.493 e. The molecule has 0 heterocycles. The highest BCUT2D eigenvalue weighted by atomic mass is 16.6. The molecule has 2 rings (SSSR count). The average molecular weight is 279 g/mol. The van der Waals surface area contributed by atoms with Crippen LogP contribution < -0.4 is 9.47 Å². The molecule has 0 amide bonds. The summed E-state index contributed by atoms with van der Waals surface area (Å²) in [6.07, 6.45) is 2.68. The van der Waals surface area contributed by atoms with E-state index in [9.17, 15) is 15.2 Å². The van der Waals surface area contributed by atoms with Crippen molar-refractivity contribution in [1.82, 2.24) is 0 Å². The summed E-state index contributed by atoms with van der Waals surface area (Å²) in [5.74, 6) is 0.457. The number of methoxy groups -OCH3 is 2. The van der Waals surface area contributed by atoms with Crippen LogP contribution in [0.2, 0.25) is 0 Å². The lowest BCUT2D eigenvalue weighted by molar-refractivity contribution is -0.528. The number of rotatable bonds is 4. The summed E-state index contributed by atoms with van der Waals surface area (Å²) in [7, 11) is 3.03. The first-order valence-corrected chi connectivity index (χ1v) is 6.28. The van der Waals surface area contributed by atoms with E-state index in [1.54, 1.807) is 30.4 Å². The fraction of sp³-hybridized carbons (Fsp3) is 0.429. The summed E-state index contributed by atoms with van der Waals surface area (Å²) in [6, 6.07) is 4.26. The van der Waals surface area contributed by atoms with Gasteiger partial charge in [0.05, 0.1) is 26.2 Å². The van der Waals surface area contributed by atoms with Crippen molar-refractivity contribution in [3.8, 4) is 11.5 Å². The van der Waals surface area contributed by atoms with Crippen LogP contribution in [0.4, 0.5) is 0 Å². The van der Waals surface area contributed by atoms with Crippen molar-refractivity contribution in [2.24, 2.45) is 0 Å². The molecule has 0 unspecified atom stereocenters. The highest BCUT2D eigenvalue weighted by Gasteiger charge is 2.39. The Kier molecular flexibility index (Phi) is 4.24. The standard InChI is InChI=1S/C14H17NO5/c1-19-12-7-6-9(8-13(12)20-2)14-10(15(17)18)4-3-5-11(14)16/h3,5-8,10-11,14,16H,4H2,1-2H3/t10-,11-,14+/m1/s1. The van der Waals surface area contributed by atoms with E-state index in [0.29, 0.717) is 23.5 Å². The summed E-state index contributed by atoms with van der Waals surface area (Å²) in [6.45, 7) is 0. The van der Waals surface area contributed by atoms with Crippen LogP contribution in [-0.4, -0.2) is 36.4 Å². The quantitative estimate of drug-likeness (QED) is 0.516. The first kappa shape index (κ1) is 14.3. The van der Waals surface area contributed by atoms with Gasteiger partial charge in [-0.3, -0.25) is 10.1 Å². The smallest absolute Gasteiger partial charge is 0.226 e. The van der Waals surface area contributed by atoms with Crippen molar-refractivity contribution in [2.45, 2.75) is 24.5 Å². The van der Waals surface area contributed by atoms with E-state index in [2.05, 4.69) is 0 Å². The normalized spacial score (nSPS) is 25.2. The van der Waals surface area contributed by atoms with E-state index in [0.717, 1.165) is 0 Å². The molecule has 0 radical (unpaired) electrons. The monoisotopic (exact) mass is 279 g/mol. The zero-order valence-corrected chi connectivity index (χ0v) is 11.4. The highest BCUT2D eigenvalue weighted by molar-refractivity contribution is 5.45. The molecule has 0 spiro atoms. The van der Waals surface area contributed by atoms with Crippen LogP contribution in [0.15, 0.2) is 30.4 Å². The maximum atomic E-state index is 11.2. The molecule has 20 heavy (non-hydrogen) atoms. The van der Waals surface area contributed by atoms with Gasteiger partial charge in [-0.1, -0.05) is 18.2 Å². The fourth-order valence-electron chi connectivity index (χ4n) is 2.55. The number of ether oxygens (including phenoxy) is 2. The number of benzene rings is 1. The molecule has 0 fully saturated rings. The Morgan fingerprint density at radius 1 is 1.30 bits per heavy atom. The SMILES string of the molecule is COc1ccc([C@@H]2[C@H](O)C=CC[C@H]2[N+](=O)[O-])cc1OC. The number of nitro groups is 1. The second-order valence-corrected chi connectivity index (χ2v) is 4.65. The molecule has 0 aliphatic heterocycles. The van der Waals surface area contributed by atoms with Crippen molar-refractivity contribution in [1.29, 1.82) is 0 Å². The predicted molar refractivity (Wildman–Crippen MR) is 72.8 cm³/mol. The van der Waals surface area contributed by atoms with E-state index in [1.807, 2.05) is 0 Å². The summed E-state index contributed by atoms with van der Waals surface area (Å²) < 4.78 is 10.3. The number of hydrogen-bond donors (Lipinski definition) is 1. The van der Waals surface area contributed by atoms with Gasteiger partial charge in [-0.15, -0.1) is 0 Å². The van der Waals surface area contributed by atoms with Crippen LogP contribution in [0, 0.1) is 10.1 Å². The van der Waals surface area contributed by atoms with Crippen molar-refractivity contribution >= 4 is 0 Å². The van der Waals surface area contributed by atoms with Crippen molar-refractivity contribution in [3.63, 3.8) is 0 Å². The van der Waals surface area contributed by atoms with Gasteiger partial charge in [0, 0.05) is 11.3 Å². The second kappa shape index (κ2) is 5.92. The minimum atomic E-state index is -0.878. The van der Waals surface area contributed by atoms with E-state index in [4.69, 9.17) is 9.47 Å². The number of aliphatic hydroxyl groups excluding tert-OH is 1. The minimum absolute atomic E-state index is 0.309. The third-order valence-corrected chi connectivity index (χ3v) is 3.56. The summed E-state index contributed by atoms with van der Waals surface area (Å²) >= 11 is 0. The molecule has 1 N–H and O–H groups in total. The Bertz CT molecular complexity index is 528. The van der Waals surface area contributed by atoms with Crippen LogP contribution in [-0.2, 0) is 0 Å². The Morgan fingerprint density at radius 2 is 2.00 bits per heavy atom.